The van der Waals surface area contributed by atoms with Gasteiger partial charge in [0, 0.05) is 13.3 Å². The zero-order valence-electron chi connectivity index (χ0n) is 17.4. The summed E-state index contributed by atoms with van der Waals surface area (Å²) in [6.45, 7) is 2.52. The Labute approximate surface area is 173 Å². The highest BCUT2D eigenvalue weighted by atomic mass is 16.3. The van der Waals surface area contributed by atoms with E-state index < -0.39 is 24.9 Å². The average molecular weight is 400 g/mol. The highest BCUT2D eigenvalue weighted by Gasteiger charge is 2.32. The topological polar surface area (TPSA) is 89.8 Å². The van der Waals surface area contributed by atoms with Gasteiger partial charge in [0.2, 0.25) is 5.91 Å². The number of carbonyl (C=O) groups excluding carboxylic acids is 1. The van der Waals surface area contributed by atoms with E-state index in [1.165, 1.54) is 23.6 Å². The van der Waals surface area contributed by atoms with Gasteiger partial charge < -0.3 is 20.6 Å². The number of aliphatic hydroxyl groups excluding tert-OH is 3. The smallest absolute Gasteiger partial charge is 0.217 e. The van der Waals surface area contributed by atoms with Crippen LogP contribution in [-0.2, 0) is 17.6 Å². The fourth-order valence-corrected chi connectivity index (χ4v) is 3.49. The van der Waals surface area contributed by atoms with E-state index in [-0.39, 0.29) is 12.3 Å². The Kier molecular flexibility index (Phi) is 8.83. The van der Waals surface area contributed by atoms with Crippen molar-refractivity contribution in [1.82, 2.24) is 5.32 Å². The molecule has 2 aromatic rings. The summed E-state index contributed by atoms with van der Waals surface area (Å²) in [5.74, 6) is -0.360. The van der Waals surface area contributed by atoms with Crippen molar-refractivity contribution in [3.63, 3.8) is 0 Å². The maximum absolute atomic E-state index is 11.4. The summed E-state index contributed by atoms with van der Waals surface area (Å²) in [6.07, 6.45) is 3.42. The molecule has 158 valence electrons. The molecule has 0 saturated heterocycles. The molecule has 0 heterocycles. The Morgan fingerprint density at radius 1 is 0.931 bits per heavy atom. The van der Waals surface area contributed by atoms with Crippen LogP contribution in [0.4, 0.5) is 0 Å². The summed E-state index contributed by atoms with van der Waals surface area (Å²) in [5.41, 5.74) is 3.32. The van der Waals surface area contributed by atoms with Crippen molar-refractivity contribution in [3.05, 3.63) is 70.8 Å². The molecule has 0 saturated carbocycles. The first-order valence-electron chi connectivity index (χ1n) is 10.2. The van der Waals surface area contributed by atoms with Crippen molar-refractivity contribution in [1.29, 1.82) is 0 Å². The van der Waals surface area contributed by atoms with Crippen LogP contribution >= 0.6 is 0 Å². The molecule has 1 unspecified atom stereocenters. The number of benzene rings is 2. The molecule has 0 fully saturated rings. The van der Waals surface area contributed by atoms with Crippen LogP contribution in [0.15, 0.2) is 48.5 Å². The van der Waals surface area contributed by atoms with Gasteiger partial charge in [-0.05, 0) is 49.3 Å². The number of aryl methyl sites for hydroxylation is 3. The summed E-state index contributed by atoms with van der Waals surface area (Å²) < 4.78 is 0. The molecule has 0 aromatic heterocycles. The van der Waals surface area contributed by atoms with Crippen molar-refractivity contribution < 1.29 is 20.1 Å². The lowest BCUT2D eigenvalue weighted by Crippen LogP contribution is -2.54. The van der Waals surface area contributed by atoms with Crippen LogP contribution in [0.5, 0.6) is 0 Å². The molecule has 5 nitrogen and oxygen atoms in total. The lowest BCUT2D eigenvalue weighted by Gasteiger charge is -2.32. The van der Waals surface area contributed by atoms with Gasteiger partial charge in [-0.2, -0.15) is 0 Å². The largest absolute Gasteiger partial charge is 0.394 e. The number of aliphatic hydroxyl groups is 3. The summed E-state index contributed by atoms with van der Waals surface area (Å²) in [7, 11) is 0. The van der Waals surface area contributed by atoms with E-state index in [9.17, 15) is 20.1 Å². The van der Waals surface area contributed by atoms with Gasteiger partial charge in [-0.25, -0.2) is 0 Å². The third-order valence-corrected chi connectivity index (χ3v) is 5.30. The minimum absolute atomic E-state index is 0.0372. The monoisotopic (exact) mass is 399 g/mol. The van der Waals surface area contributed by atoms with Gasteiger partial charge >= 0.3 is 0 Å². The molecular weight excluding hydrogens is 366 g/mol. The number of nitrogens with one attached hydrogen (secondary N) is 1. The summed E-state index contributed by atoms with van der Waals surface area (Å²) >= 11 is 0. The third-order valence-electron chi connectivity index (χ3n) is 5.30. The Morgan fingerprint density at radius 2 is 1.41 bits per heavy atom. The van der Waals surface area contributed by atoms with Crippen molar-refractivity contribution in [2.75, 3.05) is 13.2 Å². The first-order chi connectivity index (χ1) is 13.9. The van der Waals surface area contributed by atoms with E-state index in [2.05, 4.69) is 36.5 Å². The molecule has 0 spiro atoms. The predicted octanol–water partition coefficient (Wildman–Crippen LogP) is 2.84. The molecule has 2 aromatic carbocycles. The summed E-state index contributed by atoms with van der Waals surface area (Å²) in [5, 5.41) is 32.3. The van der Waals surface area contributed by atoms with Crippen LogP contribution in [0.25, 0.3) is 0 Å². The van der Waals surface area contributed by atoms with Gasteiger partial charge in [-0.1, -0.05) is 54.1 Å². The van der Waals surface area contributed by atoms with Gasteiger partial charge in [0.15, 0.2) is 0 Å². The van der Waals surface area contributed by atoms with Crippen molar-refractivity contribution in [3.8, 4) is 0 Å². The lowest BCUT2D eigenvalue weighted by atomic mass is 9.90. The Morgan fingerprint density at radius 3 is 1.86 bits per heavy atom. The molecule has 4 N–H and O–H groups in total. The summed E-state index contributed by atoms with van der Waals surface area (Å²) in [6, 6.07) is 16.4. The van der Waals surface area contributed by atoms with Gasteiger partial charge in [-0.3, -0.25) is 4.79 Å². The molecule has 0 aliphatic rings. The second-order valence-electron chi connectivity index (χ2n) is 7.93. The van der Waals surface area contributed by atoms with E-state index in [4.69, 9.17) is 0 Å². The van der Waals surface area contributed by atoms with E-state index >= 15 is 0 Å². The number of carbonyl (C=O) groups is 1. The first kappa shape index (κ1) is 23.1. The average Bonchev–Trinajstić information content (AvgIpc) is 2.72. The lowest BCUT2D eigenvalue weighted by molar-refractivity contribution is -0.122. The zero-order valence-corrected chi connectivity index (χ0v) is 17.4. The number of hydrogen-bond donors (Lipinski definition) is 4. The van der Waals surface area contributed by atoms with Crippen LogP contribution < -0.4 is 5.32 Å². The molecule has 29 heavy (non-hydrogen) atoms. The fourth-order valence-electron chi connectivity index (χ4n) is 3.49. The summed E-state index contributed by atoms with van der Waals surface area (Å²) in [4.78, 5) is 11.4. The number of hydrogen-bond acceptors (Lipinski definition) is 4. The highest BCUT2D eigenvalue weighted by Crippen LogP contribution is 2.25. The molecule has 0 aliphatic heterocycles. The molecule has 0 aliphatic carbocycles. The fraction of sp³-hybridized carbons (Fsp3) is 0.458. The van der Waals surface area contributed by atoms with Crippen LogP contribution in [0.2, 0.25) is 0 Å². The first-order valence-corrected chi connectivity index (χ1v) is 10.2. The van der Waals surface area contributed by atoms with Gasteiger partial charge in [-0.15, -0.1) is 0 Å². The molecule has 1 atom stereocenters. The Balaban J connectivity index is 1.85. The predicted molar refractivity (Wildman–Crippen MR) is 115 cm³/mol. The van der Waals surface area contributed by atoms with Crippen LogP contribution in [0.3, 0.4) is 0 Å². The maximum atomic E-state index is 11.4. The maximum Gasteiger partial charge on any atom is 0.217 e. The minimum atomic E-state index is -1.24. The van der Waals surface area contributed by atoms with Crippen LogP contribution in [-0.4, -0.2) is 40.0 Å². The van der Waals surface area contributed by atoms with E-state index in [1.54, 1.807) is 0 Å². The Bertz CT molecular complexity index is 751. The zero-order chi connectivity index (χ0) is 21.3. The van der Waals surface area contributed by atoms with Crippen LogP contribution in [0, 0.1) is 6.92 Å². The highest BCUT2D eigenvalue weighted by molar-refractivity contribution is 5.73. The standard InChI is InChI=1S/C24H33NO4/c1-18-7-9-20(10-8-18)5-3-4-6-21-11-13-22(14-12-21)23(29)15-24(16-26,17-27)25-19(2)28/h7-14,23,26-27,29H,3-6,15-17H2,1-2H3,(H,25,28). The molecule has 0 bridgehead atoms. The molecule has 0 radical (unpaired) electrons. The van der Waals surface area contributed by atoms with E-state index in [1.807, 2.05) is 24.3 Å². The van der Waals surface area contributed by atoms with Crippen molar-refractivity contribution in [2.45, 2.75) is 57.6 Å². The Hall–Kier alpha value is -2.21. The second kappa shape index (κ2) is 11.1. The molecule has 1 amide bonds. The third kappa shape index (κ3) is 7.28. The number of unbranched alkanes of at least 4 members (excludes halogenated alkanes) is 1. The molecule has 5 heteroatoms. The van der Waals surface area contributed by atoms with Gasteiger partial charge in [0.05, 0.1) is 24.9 Å². The quantitative estimate of drug-likeness (QED) is 0.438. The van der Waals surface area contributed by atoms with Crippen molar-refractivity contribution in [2.24, 2.45) is 0 Å². The van der Waals surface area contributed by atoms with Crippen LogP contribution in [0.1, 0.15) is 54.5 Å². The van der Waals surface area contributed by atoms with E-state index in [0.29, 0.717) is 5.56 Å². The van der Waals surface area contributed by atoms with Gasteiger partial charge in [0.1, 0.15) is 0 Å². The molecular formula is C24H33NO4. The number of rotatable bonds is 11. The van der Waals surface area contributed by atoms with Crippen molar-refractivity contribution >= 4 is 5.91 Å². The SMILES string of the molecule is CC(=O)NC(CO)(CO)CC(O)c1ccc(CCCCc2ccc(C)cc2)cc1. The second-order valence-corrected chi connectivity index (χ2v) is 7.93. The van der Waals surface area contributed by atoms with Gasteiger partial charge in [0.25, 0.3) is 0 Å². The number of amides is 1. The van der Waals surface area contributed by atoms with E-state index in [0.717, 1.165) is 25.7 Å². The normalized spacial score (nSPS) is 12.6. The minimum Gasteiger partial charge on any atom is -0.394 e. The molecule has 2 rings (SSSR count).